The molecule has 0 radical (unpaired) electrons. The molecule has 8 heteroatoms. The second-order valence-corrected chi connectivity index (χ2v) is 6.93. The number of thiazole rings is 1. The van der Waals surface area contributed by atoms with Crippen molar-refractivity contribution >= 4 is 28.3 Å². The van der Waals surface area contributed by atoms with Gasteiger partial charge in [-0.25, -0.2) is 18.6 Å². The smallest absolute Gasteiger partial charge is 0.338 e. The fraction of sp³-hybridized carbons (Fsp3) is 0.150. The summed E-state index contributed by atoms with van der Waals surface area (Å²) in [6.45, 7) is 3.35. The van der Waals surface area contributed by atoms with Crippen molar-refractivity contribution in [3.8, 4) is 11.3 Å². The first-order chi connectivity index (χ1) is 13.3. The zero-order chi connectivity index (χ0) is 20.3. The Morgan fingerprint density at radius 1 is 1.11 bits per heavy atom. The molecule has 0 saturated carbocycles. The number of carbonyl (C=O) groups excluding carboxylic acids is 2. The average molecular weight is 402 g/mol. The number of anilines is 1. The van der Waals surface area contributed by atoms with E-state index in [1.54, 1.807) is 29.6 Å². The number of hydrogen-bond donors (Lipinski definition) is 1. The number of rotatable bonds is 5. The number of amides is 1. The lowest BCUT2D eigenvalue weighted by Crippen LogP contribution is -2.29. The molecule has 0 aliphatic rings. The Hall–Kier alpha value is -3.13. The third-order valence-electron chi connectivity index (χ3n) is 3.89. The second-order valence-electron chi connectivity index (χ2n) is 6.07. The van der Waals surface area contributed by atoms with E-state index in [-0.39, 0.29) is 5.13 Å². The van der Waals surface area contributed by atoms with Gasteiger partial charge in [-0.05, 0) is 44.2 Å². The minimum Gasteiger partial charge on any atom is -0.449 e. The van der Waals surface area contributed by atoms with Gasteiger partial charge in [0.2, 0.25) is 0 Å². The zero-order valence-corrected chi connectivity index (χ0v) is 15.8. The molecule has 1 heterocycles. The molecule has 0 fully saturated rings. The number of aryl methyl sites for hydroxylation is 1. The number of carbonyl (C=O) groups is 2. The van der Waals surface area contributed by atoms with Crippen LogP contribution in [0.25, 0.3) is 11.3 Å². The van der Waals surface area contributed by atoms with Crippen LogP contribution < -0.4 is 5.32 Å². The molecule has 1 N–H and O–H groups in total. The number of esters is 1. The van der Waals surface area contributed by atoms with E-state index in [0.29, 0.717) is 16.8 Å². The van der Waals surface area contributed by atoms with Crippen LogP contribution in [0.1, 0.15) is 22.8 Å². The monoisotopic (exact) mass is 402 g/mol. The third-order valence-corrected chi connectivity index (χ3v) is 4.65. The summed E-state index contributed by atoms with van der Waals surface area (Å²) < 4.78 is 31.6. The molecule has 3 aromatic rings. The maximum atomic E-state index is 13.4. The van der Waals surface area contributed by atoms with Crippen LogP contribution in [0.4, 0.5) is 13.9 Å². The van der Waals surface area contributed by atoms with Crippen LogP contribution in [-0.4, -0.2) is 23.0 Å². The van der Waals surface area contributed by atoms with Crippen molar-refractivity contribution < 1.29 is 23.1 Å². The summed E-state index contributed by atoms with van der Waals surface area (Å²) in [6.07, 6.45) is -1.04. The first kappa shape index (κ1) is 19.6. The molecule has 2 aromatic carbocycles. The largest absolute Gasteiger partial charge is 0.449 e. The highest BCUT2D eigenvalue weighted by atomic mass is 32.1. The van der Waals surface area contributed by atoms with Gasteiger partial charge in [0.05, 0.1) is 11.3 Å². The van der Waals surface area contributed by atoms with Crippen LogP contribution in [0.3, 0.4) is 0 Å². The van der Waals surface area contributed by atoms with E-state index in [2.05, 4.69) is 10.3 Å². The predicted molar refractivity (Wildman–Crippen MR) is 102 cm³/mol. The predicted octanol–water partition coefficient (Wildman–Crippen LogP) is 4.58. The molecule has 0 bridgehead atoms. The van der Waals surface area contributed by atoms with Crippen molar-refractivity contribution in [1.82, 2.24) is 4.98 Å². The fourth-order valence-electron chi connectivity index (χ4n) is 2.30. The van der Waals surface area contributed by atoms with Gasteiger partial charge < -0.3 is 4.74 Å². The van der Waals surface area contributed by atoms with Gasteiger partial charge in [-0.3, -0.25) is 10.1 Å². The van der Waals surface area contributed by atoms with E-state index < -0.39 is 29.6 Å². The van der Waals surface area contributed by atoms with Gasteiger partial charge in [0.1, 0.15) is 0 Å². The maximum Gasteiger partial charge on any atom is 0.338 e. The van der Waals surface area contributed by atoms with Gasteiger partial charge in [-0.1, -0.05) is 17.7 Å². The molecular formula is C20H16F2N2O3S. The lowest BCUT2D eigenvalue weighted by Gasteiger charge is -2.12. The number of nitrogens with one attached hydrogen (secondary N) is 1. The first-order valence-electron chi connectivity index (χ1n) is 8.33. The summed E-state index contributed by atoms with van der Waals surface area (Å²) in [7, 11) is 0. The summed E-state index contributed by atoms with van der Waals surface area (Å²) in [6, 6.07) is 10.2. The third kappa shape index (κ3) is 4.58. The maximum absolute atomic E-state index is 13.4. The van der Waals surface area contributed by atoms with Crippen molar-refractivity contribution in [2.75, 3.05) is 5.32 Å². The molecule has 144 valence electrons. The Balaban J connectivity index is 1.62. The van der Waals surface area contributed by atoms with Crippen LogP contribution >= 0.6 is 11.3 Å². The van der Waals surface area contributed by atoms with Crippen molar-refractivity contribution in [3.05, 3.63) is 70.6 Å². The van der Waals surface area contributed by atoms with E-state index in [1.807, 2.05) is 6.92 Å². The number of aromatic nitrogens is 1. The van der Waals surface area contributed by atoms with E-state index in [9.17, 15) is 18.4 Å². The van der Waals surface area contributed by atoms with Crippen LogP contribution in [0.2, 0.25) is 0 Å². The number of nitrogens with zero attached hydrogens (tertiary/aromatic N) is 1. The molecule has 1 atom stereocenters. The second kappa shape index (κ2) is 8.26. The number of ether oxygens (including phenoxy) is 1. The van der Waals surface area contributed by atoms with Gasteiger partial charge in [0.15, 0.2) is 22.9 Å². The molecule has 0 saturated heterocycles. The van der Waals surface area contributed by atoms with Crippen LogP contribution in [-0.2, 0) is 9.53 Å². The Morgan fingerprint density at radius 3 is 2.50 bits per heavy atom. The standard InChI is InChI=1S/C20H16F2N2O3S/c1-11-3-5-13(6-4-11)19(26)27-12(2)18(25)24-20-23-17(10-28-20)14-7-8-15(21)16(22)9-14/h3-10,12H,1-2H3,(H,23,24,25)/t12-/m1/s1. The topological polar surface area (TPSA) is 68.3 Å². The molecule has 5 nitrogen and oxygen atoms in total. The van der Waals surface area contributed by atoms with Crippen LogP contribution in [0.5, 0.6) is 0 Å². The van der Waals surface area contributed by atoms with Gasteiger partial charge in [0, 0.05) is 10.9 Å². The highest BCUT2D eigenvalue weighted by Crippen LogP contribution is 2.26. The van der Waals surface area contributed by atoms with Crippen molar-refractivity contribution in [2.24, 2.45) is 0 Å². The summed E-state index contributed by atoms with van der Waals surface area (Å²) in [5.74, 6) is -3.08. The first-order valence-corrected chi connectivity index (χ1v) is 9.21. The highest BCUT2D eigenvalue weighted by Gasteiger charge is 2.20. The highest BCUT2D eigenvalue weighted by molar-refractivity contribution is 7.14. The summed E-state index contributed by atoms with van der Waals surface area (Å²) in [5.41, 5.74) is 2.13. The average Bonchev–Trinajstić information content (AvgIpc) is 3.12. The number of hydrogen-bond acceptors (Lipinski definition) is 5. The van der Waals surface area contributed by atoms with Gasteiger partial charge in [-0.2, -0.15) is 0 Å². The summed E-state index contributed by atoms with van der Waals surface area (Å²) >= 11 is 1.12. The Morgan fingerprint density at radius 2 is 1.82 bits per heavy atom. The zero-order valence-electron chi connectivity index (χ0n) is 15.0. The van der Waals surface area contributed by atoms with E-state index in [0.717, 1.165) is 29.0 Å². The van der Waals surface area contributed by atoms with Crippen LogP contribution in [0.15, 0.2) is 47.8 Å². The Kier molecular flexibility index (Phi) is 5.79. The minimum atomic E-state index is -1.04. The lowest BCUT2D eigenvalue weighted by atomic mass is 10.1. The molecule has 1 amide bonds. The Bertz CT molecular complexity index is 1020. The molecule has 3 rings (SSSR count). The van der Waals surface area contributed by atoms with E-state index >= 15 is 0 Å². The van der Waals surface area contributed by atoms with Crippen LogP contribution in [0, 0.1) is 18.6 Å². The summed E-state index contributed by atoms with van der Waals surface area (Å²) in [5, 5.41) is 4.40. The normalized spacial score (nSPS) is 11.7. The van der Waals surface area contributed by atoms with Gasteiger partial charge >= 0.3 is 5.97 Å². The molecular weight excluding hydrogens is 386 g/mol. The quantitative estimate of drug-likeness (QED) is 0.635. The minimum absolute atomic E-state index is 0.253. The van der Waals surface area contributed by atoms with Gasteiger partial charge in [-0.15, -0.1) is 11.3 Å². The SMILES string of the molecule is Cc1ccc(C(=O)O[C@H](C)C(=O)Nc2nc(-c3ccc(F)c(F)c3)cs2)cc1. The Labute approximate surface area is 164 Å². The lowest BCUT2D eigenvalue weighted by molar-refractivity contribution is -0.123. The summed E-state index contributed by atoms with van der Waals surface area (Å²) in [4.78, 5) is 28.5. The number of halogens is 2. The molecule has 0 aliphatic carbocycles. The molecule has 28 heavy (non-hydrogen) atoms. The van der Waals surface area contributed by atoms with Gasteiger partial charge in [0.25, 0.3) is 5.91 Å². The number of benzene rings is 2. The van der Waals surface area contributed by atoms with Crippen molar-refractivity contribution in [1.29, 1.82) is 0 Å². The van der Waals surface area contributed by atoms with E-state index in [1.165, 1.54) is 13.0 Å². The van der Waals surface area contributed by atoms with Crippen molar-refractivity contribution in [3.63, 3.8) is 0 Å². The van der Waals surface area contributed by atoms with Crippen molar-refractivity contribution in [2.45, 2.75) is 20.0 Å². The molecule has 1 aromatic heterocycles. The molecule has 0 unspecified atom stereocenters. The molecule has 0 aliphatic heterocycles. The molecule has 0 spiro atoms. The van der Waals surface area contributed by atoms with E-state index in [4.69, 9.17) is 4.74 Å². The fourth-order valence-corrected chi connectivity index (χ4v) is 3.02.